The number of hydrogen-bond acceptors (Lipinski definition) is 5. The Labute approximate surface area is 196 Å². The van der Waals surface area contributed by atoms with Crippen LogP contribution in [-0.2, 0) is 10.0 Å². The maximum atomic E-state index is 13.8. The second kappa shape index (κ2) is 10.8. The lowest BCUT2D eigenvalue weighted by Gasteiger charge is -2.11. The molecule has 3 aromatic rings. The quantitative estimate of drug-likeness (QED) is 0.347. The lowest BCUT2D eigenvalue weighted by atomic mass is 10.2. The molecule has 4 N–H and O–H groups in total. The van der Waals surface area contributed by atoms with Gasteiger partial charge in [0.1, 0.15) is 11.6 Å². The fraction of sp³-hybridized carbons (Fsp3) is 0.167. The van der Waals surface area contributed by atoms with Gasteiger partial charge in [0.25, 0.3) is 21.8 Å². The molecule has 0 saturated heterocycles. The summed E-state index contributed by atoms with van der Waals surface area (Å²) < 4.78 is 41.2. The van der Waals surface area contributed by atoms with Crippen LogP contribution < -0.4 is 15.4 Å². The van der Waals surface area contributed by atoms with Crippen LogP contribution >= 0.6 is 0 Å². The van der Waals surface area contributed by atoms with E-state index >= 15 is 0 Å². The second-order valence-electron chi connectivity index (χ2n) is 7.51. The molecule has 0 radical (unpaired) electrons. The molecule has 0 aliphatic rings. The van der Waals surface area contributed by atoms with Crippen molar-refractivity contribution in [3.63, 3.8) is 0 Å². The zero-order chi connectivity index (χ0) is 24.7. The van der Waals surface area contributed by atoms with Crippen molar-refractivity contribution in [2.75, 3.05) is 17.8 Å². The number of halogens is 1. The first-order valence-electron chi connectivity index (χ1n) is 10.4. The fourth-order valence-corrected chi connectivity index (χ4v) is 4.08. The van der Waals surface area contributed by atoms with Crippen molar-refractivity contribution < 1.29 is 27.5 Å². The van der Waals surface area contributed by atoms with E-state index < -0.39 is 21.7 Å². The Morgan fingerprint density at radius 1 is 0.882 bits per heavy atom. The summed E-state index contributed by atoms with van der Waals surface area (Å²) >= 11 is 0. The molecule has 0 saturated carbocycles. The minimum Gasteiger partial charge on any atom is -0.508 e. The molecule has 0 atom stereocenters. The molecule has 2 amide bonds. The second-order valence-corrected chi connectivity index (χ2v) is 9.20. The number of rotatable bonds is 9. The van der Waals surface area contributed by atoms with Gasteiger partial charge in [0, 0.05) is 29.9 Å². The molecule has 0 unspecified atom stereocenters. The molecular weight excluding hydrogens is 461 g/mol. The third-order valence-electron chi connectivity index (χ3n) is 4.86. The first-order chi connectivity index (χ1) is 16.2. The molecule has 3 rings (SSSR count). The number of phenols is 1. The monoisotopic (exact) mass is 485 g/mol. The first kappa shape index (κ1) is 24.7. The van der Waals surface area contributed by atoms with Gasteiger partial charge in [-0.2, -0.15) is 0 Å². The van der Waals surface area contributed by atoms with Gasteiger partial charge in [-0.15, -0.1) is 0 Å². The van der Waals surface area contributed by atoms with Crippen LogP contribution in [0.4, 0.5) is 10.1 Å². The van der Waals surface area contributed by atoms with E-state index in [1.54, 1.807) is 12.1 Å². The van der Waals surface area contributed by atoms with E-state index in [0.29, 0.717) is 24.1 Å². The summed E-state index contributed by atoms with van der Waals surface area (Å²) in [4.78, 5) is 24.2. The molecule has 8 nitrogen and oxygen atoms in total. The van der Waals surface area contributed by atoms with Gasteiger partial charge < -0.3 is 15.7 Å². The topological polar surface area (TPSA) is 125 Å². The number of amides is 2. The number of aryl methyl sites for hydroxylation is 1. The number of phenolic OH excluding ortho intramolecular Hbond substituents is 1. The fourth-order valence-electron chi connectivity index (χ4n) is 3.02. The van der Waals surface area contributed by atoms with Crippen LogP contribution in [0.3, 0.4) is 0 Å². The number of carbonyl (C=O) groups excluding carboxylic acids is 2. The maximum Gasteiger partial charge on any atom is 0.261 e. The van der Waals surface area contributed by atoms with Crippen molar-refractivity contribution in [1.82, 2.24) is 10.6 Å². The molecule has 34 heavy (non-hydrogen) atoms. The van der Waals surface area contributed by atoms with E-state index in [2.05, 4.69) is 15.4 Å². The molecule has 178 valence electrons. The molecule has 0 heterocycles. The van der Waals surface area contributed by atoms with Gasteiger partial charge >= 0.3 is 0 Å². The number of nitrogens with one attached hydrogen (secondary N) is 3. The number of anilines is 1. The van der Waals surface area contributed by atoms with Gasteiger partial charge in [0.05, 0.1) is 4.90 Å². The number of hydrogen-bond donors (Lipinski definition) is 4. The smallest absolute Gasteiger partial charge is 0.261 e. The number of sulfonamides is 1. The summed E-state index contributed by atoms with van der Waals surface area (Å²) in [6.45, 7) is 2.11. The van der Waals surface area contributed by atoms with Gasteiger partial charge in [-0.3, -0.25) is 14.3 Å². The maximum absolute atomic E-state index is 13.8. The van der Waals surface area contributed by atoms with E-state index in [1.807, 2.05) is 0 Å². The Balaban J connectivity index is 1.51. The van der Waals surface area contributed by atoms with Crippen molar-refractivity contribution >= 4 is 27.5 Å². The first-order valence-corrected chi connectivity index (χ1v) is 11.9. The Morgan fingerprint density at radius 2 is 1.50 bits per heavy atom. The van der Waals surface area contributed by atoms with Gasteiger partial charge in [0.15, 0.2) is 0 Å². The van der Waals surface area contributed by atoms with E-state index in [0.717, 1.165) is 6.07 Å². The number of carbonyl (C=O) groups is 2. The van der Waals surface area contributed by atoms with Crippen molar-refractivity contribution in [2.45, 2.75) is 18.2 Å². The molecular formula is C24H24FN3O5S. The van der Waals surface area contributed by atoms with Crippen LogP contribution in [0.2, 0.25) is 0 Å². The van der Waals surface area contributed by atoms with E-state index in [1.165, 1.54) is 55.5 Å². The minimum atomic E-state index is -4.03. The van der Waals surface area contributed by atoms with Crippen molar-refractivity contribution in [1.29, 1.82) is 0 Å². The lowest BCUT2D eigenvalue weighted by Crippen LogP contribution is -2.30. The predicted octanol–water partition coefficient (Wildman–Crippen LogP) is 3.19. The van der Waals surface area contributed by atoms with Crippen LogP contribution in [0.15, 0.2) is 71.6 Å². The highest BCUT2D eigenvalue weighted by molar-refractivity contribution is 7.92. The largest absolute Gasteiger partial charge is 0.508 e. The Morgan fingerprint density at radius 3 is 2.12 bits per heavy atom. The average molecular weight is 486 g/mol. The van der Waals surface area contributed by atoms with Crippen LogP contribution in [0.25, 0.3) is 0 Å². The van der Waals surface area contributed by atoms with Gasteiger partial charge in [0.2, 0.25) is 0 Å². The predicted molar refractivity (Wildman–Crippen MR) is 126 cm³/mol. The Kier molecular flexibility index (Phi) is 7.85. The summed E-state index contributed by atoms with van der Waals surface area (Å²) in [5, 5.41) is 14.8. The highest BCUT2D eigenvalue weighted by Gasteiger charge is 2.17. The molecule has 10 heteroatoms. The van der Waals surface area contributed by atoms with Crippen LogP contribution in [0.1, 0.15) is 32.7 Å². The average Bonchev–Trinajstić information content (AvgIpc) is 2.80. The third-order valence-corrected chi connectivity index (χ3v) is 6.24. The SMILES string of the molecule is Cc1ccc(S(=O)(=O)Nc2cccc(C(=O)NCCCNC(=O)c3cccc(O)c3)c2)cc1F. The lowest BCUT2D eigenvalue weighted by molar-refractivity contribution is 0.0951. The molecule has 0 aromatic heterocycles. The minimum absolute atomic E-state index is 0.00420. The van der Waals surface area contributed by atoms with E-state index in [4.69, 9.17) is 0 Å². The van der Waals surface area contributed by atoms with Crippen molar-refractivity contribution in [2.24, 2.45) is 0 Å². The summed E-state index contributed by atoms with van der Waals surface area (Å²) in [6.07, 6.45) is 0.460. The van der Waals surface area contributed by atoms with Gasteiger partial charge in [-0.05, 0) is 67.4 Å². The van der Waals surface area contributed by atoms with Crippen LogP contribution in [0.5, 0.6) is 5.75 Å². The summed E-state index contributed by atoms with van der Waals surface area (Å²) in [7, 11) is -4.03. The van der Waals surface area contributed by atoms with Crippen molar-refractivity contribution in [3.05, 3.63) is 89.2 Å². The molecule has 0 spiro atoms. The van der Waals surface area contributed by atoms with E-state index in [9.17, 15) is 27.5 Å². The molecule has 0 fully saturated rings. The standard InChI is InChI=1S/C24H24FN3O5S/c1-16-9-10-21(15-22(16)25)34(32,33)28-19-7-2-5-17(13-19)23(30)26-11-4-12-27-24(31)18-6-3-8-20(29)14-18/h2-3,5-10,13-15,28-29H,4,11-12H2,1H3,(H,26,30)(H,27,31). The zero-order valence-electron chi connectivity index (χ0n) is 18.3. The van der Waals surface area contributed by atoms with E-state index in [-0.39, 0.29) is 34.3 Å². The van der Waals surface area contributed by atoms with Crippen molar-refractivity contribution in [3.8, 4) is 5.75 Å². The number of aromatic hydroxyl groups is 1. The summed E-state index contributed by atoms with van der Waals surface area (Å²) in [6, 6.07) is 15.5. The van der Waals surface area contributed by atoms with Crippen LogP contribution in [0, 0.1) is 12.7 Å². The molecule has 0 aliphatic carbocycles. The third kappa shape index (κ3) is 6.55. The number of benzene rings is 3. The summed E-state index contributed by atoms with van der Waals surface area (Å²) in [5.41, 5.74) is 1.05. The normalized spacial score (nSPS) is 11.0. The molecule has 0 aliphatic heterocycles. The zero-order valence-corrected chi connectivity index (χ0v) is 19.2. The molecule has 0 bridgehead atoms. The highest BCUT2D eigenvalue weighted by atomic mass is 32.2. The highest BCUT2D eigenvalue weighted by Crippen LogP contribution is 2.19. The van der Waals surface area contributed by atoms with Crippen LogP contribution in [-0.4, -0.2) is 38.4 Å². The Hall–Kier alpha value is -3.92. The molecule has 3 aromatic carbocycles. The van der Waals surface area contributed by atoms with Gasteiger partial charge in [-0.25, -0.2) is 12.8 Å². The Bertz CT molecular complexity index is 1310. The van der Waals surface area contributed by atoms with Gasteiger partial charge in [-0.1, -0.05) is 18.2 Å². The summed E-state index contributed by atoms with van der Waals surface area (Å²) in [5.74, 6) is -1.39.